The van der Waals surface area contributed by atoms with E-state index in [9.17, 15) is 19.1 Å². The van der Waals surface area contributed by atoms with Gasteiger partial charge in [-0.1, -0.05) is 0 Å². The van der Waals surface area contributed by atoms with Gasteiger partial charge in [-0.15, -0.1) is 0 Å². The minimum Gasteiger partial charge on any atom is -0.508 e. The topological polar surface area (TPSA) is 111 Å². The predicted octanol–water partition coefficient (Wildman–Crippen LogP) is 2.79. The van der Waals surface area contributed by atoms with Gasteiger partial charge >= 0.3 is 0 Å². The second kappa shape index (κ2) is 7.90. The SMILES string of the molecule is N/C(=C\Nc1ccc(C(=O)N2CC[C@H](F)C2)cc1)c1cc2cc(O)ccc2[nH]c1=O. The second-order valence-corrected chi connectivity index (χ2v) is 7.24. The minimum absolute atomic E-state index is 0.0896. The molecule has 4 rings (SSSR count). The summed E-state index contributed by atoms with van der Waals surface area (Å²) in [5.41, 5.74) is 7.96. The fraction of sp³-hybridized carbons (Fsp3) is 0.182. The van der Waals surface area contributed by atoms with Crippen molar-refractivity contribution in [2.45, 2.75) is 12.6 Å². The van der Waals surface area contributed by atoms with Crippen LogP contribution in [-0.2, 0) is 0 Å². The summed E-state index contributed by atoms with van der Waals surface area (Å²) in [4.78, 5) is 28.9. The average molecular weight is 408 g/mol. The number of nitrogens with two attached hydrogens (primary N) is 1. The molecule has 154 valence electrons. The number of hydrogen-bond donors (Lipinski definition) is 4. The van der Waals surface area contributed by atoms with Gasteiger partial charge < -0.3 is 26.0 Å². The molecule has 1 saturated heterocycles. The van der Waals surface area contributed by atoms with Gasteiger partial charge in [0.05, 0.1) is 17.8 Å². The van der Waals surface area contributed by atoms with E-state index < -0.39 is 6.17 Å². The molecule has 1 fully saturated rings. The molecule has 30 heavy (non-hydrogen) atoms. The van der Waals surface area contributed by atoms with Crippen molar-refractivity contribution < 1.29 is 14.3 Å². The molecule has 1 aromatic heterocycles. The number of alkyl halides is 1. The third-order valence-electron chi connectivity index (χ3n) is 5.08. The lowest BCUT2D eigenvalue weighted by Crippen LogP contribution is -2.28. The van der Waals surface area contributed by atoms with Crippen LogP contribution in [0.15, 0.2) is 59.5 Å². The molecule has 1 aliphatic rings. The molecule has 0 bridgehead atoms. The number of anilines is 1. The van der Waals surface area contributed by atoms with Crippen LogP contribution in [0.3, 0.4) is 0 Å². The molecule has 1 aliphatic heterocycles. The largest absolute Gasteiger partial charge is 0.508 e. The number of carbonyl (C=O) groups is 1. The van der Waals surface area contributed by atoms with Crippen LogP contribution >= 0.6 is 0 Å². The number of phenols is 1. The molecule has 1 atom stereocenters. The number of nitrogens with zero attached hydrogens (tertiary/aromatic N) is 1. The van der Waals surface area contributed by atoms with Crippen molar-refractivity contribution in [3.63, 3.8) is 0 Å². The second-order valence-electron chi connectivity index (χ2n) is 7.24. The van der Waals surface area contributed by atoms with Crippen molar-refractivity contribution in [3.05, 3.63) is 76.2 Å². The first-order valence-corrected chi connectivity index (χ1v) is 9.53. The van der Waals surface area contributed by atoms with Gasteiger partial charge in [0.1, 0.15) is 11.9 Å². The van der Waals surface area contributed by atoms with E-state index in [2.05, 4.69) is 10.3 Å². The summed E-state index contributed by atoms with van der Waals surface area (Å²) < 4.78 is 13.3. The number of aromatic amines is 1. The van der Waals surface area contributed by atoms with Gasteiger partial charge in [0.2, 0.25) is 0 Å². The summed E-state index contributed by atoms with van der Waals surface area (Å²) in [7, 11) is 0. The van der Waals surface area contributed by atoms with Gasteiger partial charge in [0.25, 0.3) is 11.5 Å². The Morgan fingerprint density at radius 3 is 2.70 bits per heavy atom. The number of nitrogens with one attached hydrogen (secondary N) is 2. The van der Waals surface area contributed by atoms with Crippen LogP contribution in [0.5, 0.6) is 5.75 Å². The molecule has 2 aromatic carbocycles. The maximum atomic E-state index is 13.3. The summed E-state index contributed by atoms with van der Waals surface area (Å²) in [6.45, 7) is 0.563. The highest BCUT2D eigenvalue weighted by atomic mass is 19.1. The Morgan fingerprint density at radius 1 is 1.23 bits per heavy atom. The number of rotatable bonds is 4. The number of aromatic hydroxyl groups is 1. The molecule has 3 aromatic rings. The fourth-order valence-electron chi connectivity index (χ4n) is 3.44. The molecule has 0 spiro atoms. The van der Waals surface area contributed by atoms with Crippen LogP contribution in [0.25, 0.3) is 16.6 Å². The number of fused-ring (bicyclic) bond motifs is 1. The molecule has 0 aliphatic carbocycles. The van der Waals surface area contributed by atoms with Crippen LogP contribution in [-0.4, -0.2) is 40.2 Å². The van der Waals surface area contributed by atoms with E-state index in [0.717, 1.165) is 0 Å². The minimum atomic E-state index is -0.953. The third-order valence-corrected chi connectivity index (χ3v) is 5.08. The quantitative estimate of drug-likeness (QED) is 0.530. The number of carbonyl (C=O) groups excluding carboxylic acids is 1. The standard InChI is InChI=1S/C22H21FN4O3/c23-15-7-8-27(12-15)22(30)13-1-3-16(4-2-13)25-11-19(24)18-10-14-9-17(28)5-6-20(14)26-21(18)29/h1-6,9-11,15,25,28H,7-8,12,24H2,(H,26,29)/b19-11-/t15-/m0/s1. The molecule has 5 N–H and O–H groups in total. The zero-order valence-electron chi connectivity index (χ0n) is 16.1. The van der Waals surface area contributed by atoms with E-state index >= 15 is 0 Å². The molecule has 0 unspecified atom stereocenters. The third kappa shape index (κ3) is 3.98. The molecule has 7 nitrogen and oxygen atoms in total. The Bertz CT molecular complexity index is 1190. The van der Waals surface area contributed by atoms with Crippen LogP contribution < -0.4 is 16.6 Å². The number of phenolic OH excluding ortho intramolecular Hbond substituents is 1. The fourth-order valence-corrected chi connectivity index (χ4v) is 3.44. The Kier molecular flexibility index (Phi) is 5.14. The number of aromatic nitrogens is 1. The number of amides is 1. The Morgan fingerprint density at radius 2 is 2.00 bits per heavy atom. The molecule has 8 heteroatoms. The van der Waals surface area contributed by atoms with Crippen molar-refractivity contribution in [3.8, 4) is 5.75 Å². The lowest BCUT2D eigenvalue weighted by Gasteiger charge is -2.15. The Hall–Kier alpha value is -3.81. The zero-order valence-corrected chi connectivity index (χ0v) is 16.1. The van der Waals surface area contributed by atoms with Crippen LogP contribution in [0.1, 0.15) is 22.3 Å². The van der Waals surface area contributed by atoms with E-state index in [-0.39, 0.29) is 35.0 Å². The molecule has 0 saturated carbocycles. The van der Waals surface area contributed by atoms with E-state index in [1.807, 2.05) is 0 Å². The maximum Gasteiger partial charge on any atom is 0.257 e. The first-order chi connectivity index (χ1) is 14.4. The van der Waals surface area contributed by atoms with Gasteiger partial charge in [-0.3, -0.25) is 9.59 Å². The number of halogens is 1. The maximum absolute atomic E-state index is 13.3. The van der Waals surface area contributed by atoms with Gasteiger partial charge in [-0.2, -0.15) is 0 Å². The van der Waals surface area contributed by atoms with Gasteiger partial charge in [-0.05, 0) is 55.0 Å². The number of H-pyrrole nitrogens is 1. The number of hydrogen-bond acceptors (Lipinski definition) is 5. The van der Waals surface area contributed by atoms with Crippen LogP contribution in [0.2, 0.25) is 0 Å². The van der Waals surface area contributed by atoms with Crippen LogP contribution in [0, 0.1) is 0 Å². The molecular weight excluding hydrogens is 387 g/mol. The molecule has 2 heterocycles. The monoisotopic (exact) mass is 408 g/mol. The first-order valence-electron chi connectivity index (χ1n) is 9.53. The highest BCUT2D eigenvalue weighted by molar-refractivity contribution is 5.94. The van der Waals surface area contributed by atoms with E-state index in [1.54, 1.807) is 36.4 Å². The predicted molar refractivity (Wildman–Crippen MR) is 114 cm³/mol. The van der Waals surface area contributed by atoms with Crippen LogP contribution in [0.4, 0.5) is 10.1 Å². The number of pyridine rings is 1. The highest BCUT2D eigenvalue weighted by Crippen LogP contribution is 2.20. The first kappa shape index (κ1) is 19.5. The Balaban J connectivity index is 1.49. The van der Waals surface area contributed by atoms with Gasteiger partial charge in [0.15, 0.2) is 0 Å². The van der Waals surface area contributed by atoms with E-state index in [1.165, 1.54) is 23.2 Å². The summed E-state index contributed by atoms with van der Waals surface area (Å²) in [6.07, 6.45) is 0.915. The summed E-state index contributed by atoms with van der Waals surface area (Å²) in [5.74, 6) is -0.102. The number of benzene rings is 2. The molecular formula is C22H21FN4O3. The van der Waals surface area contributed by atoms with Crippen molar-refractivity contribution >= 4 is 28.2 Å². The molecule has 0 radical (unpaired) electrons. The van der Waals surface area contributed by atoms with Gasteiger partial charge in [0, 0.05) is 34.9 Å². The van der Waals surface area contributed by atoms with E-state index in [0.29, 0.717) is 35.1 Å². The van der Waals surface area contributed by atoms with Crippen molar-refractivity contribution in [1.82, 2.24) is 9.88 Å². The lowest BCUT2D eigenvalue weighted by atomic mass is 10.1. The smallest absolute Gasteiger partial charge is 0.257 e. The number of likely N-dealkylation sites (tertiary alicyclic amines) is 1. The lowest BCUT2D eigenvalue weighted by molar-refractivity contribution is 0.0783. The highest BCUT2D eigenvalue weighted by Gasteiger charge is 2.26. The van der Waals surface area contributed by atoms with Crippen molar-refractivity contribution in [1.29, 1.82) is 0 Å². The van der Waals surface area contributed by atoms with E-state index in [4.69, 9.17) is 5.73 Å². The van der Waals surface area contributed by atoms with Crippen molar-refractivity contribution in [2.24, 2.45) is 5.73 Å². The van der Waals surface area contributed by atoms with Crippen molar-refractivity contribution in [2.75, 3.05) is 18.4 Å². The summed E-state index contributed by atoms with van der Waals surface area (Å²) in [5, 5.41) is 13.3. The summed E-state index contributed by atoms with van der Waals surface area (Å²) >= 11 is 0. The zero-order chi connectivity index (χ0) is 21.3. The normalized spacial score (nSPS) is 16.8. The average Bonchev–Trinajstić information content (AvgIpc) is 3.18. The van der Waals surface area contributed by atoms with Gasteiger partial charge in [-0.25, -0.2) is 4.39 Å². The molecule has 1 amide bonds. The summed E-state index contributed by atoms with van der Waals surface area (Å²) in [6, 6.07) is 13.0. The Labute approximate surface area is 171 Å².